The Bertz CT molecular complexity index is 325. The van der Waals surface area contributed by atoms with Crippen LogP contribution in [-0.2, 0) is 15.3 Å². The van der Waals surface area contributed by atoms with Gasteiger partial charge in [0.1, 0.15) is 0 Å². The molecule has 0 aliphatic heterocycles. The first-order chi connectivity index (χ1) is 7.13. The second-order valence-electron chi connectivity index (χ2n) is 3.15. The molecule has 1 aromatic rings. The highest BCUT2D eigenvalue weighted by molar-refractivity contribution is 7.98. The molecule has 1 heterocycles. The van der Waals surface area contributed by atoms with Crippen LogP contribution in [-0.4, -0.2) is 18.8 Å². The Labute approximate surface area is 103 Å². The zero-order valence-electron chi connectivity index (χ0n) is 8.66. The van der Waals surface area contributed by atoms with E-state index in [4.69, 9.17) is 11.6 Å². The molecule has 1 unspecified atom stereocenters. The van der Waals surface area contributed by atoms with E-state index in [1.165, 1.54) is 12.0 Å². The van der Waals surface area contributed by atoms with Crippen molar-refractivity contribution in [3.8, 4) is 0 Å². The summed E-state index contributed by atoms with van der Waals surface area (Å²) < 4.78 is 5.46. The Morgan fingerprint density at radius 2 is 2.40 bits per heavy atom. The molecule has 15 heavy (non-hydrogen) atoms. The number of thioether (sulfide) groups is 1. The highest BCUT2D eigenvalue weighted by Gasteiger charge is 2.12. The van der Waals surface area contributed by atoms with E-state index in [0.717, 1.165) is 15.8 Å². The van der Waals surface area contributed by atoms with Crippen molar-refractivity contribution in [2.24, 2.45) is 5.92 Å². The fourth-order valence-corrected chi connectivity index (χ4v) is 3.31. The number of hydrogen-bond donors (Lipinski definition) is 0. The zero-order chi connectivity index (χ0) is 11.3. The standard InChI is InChI=1S/C10H13ClO2S2/c1-7(10(12)13-2)5-14-6-8-3-4-9(11)15-8/h3-4,7H,5-6H2,1-2H3. The average molecular weight is 265 g/mol. The Hall–Kier alpha value is -0.190. The quantitative estimate of drug-likeness (QED) is 0.762. The van der Waals surface area contributed by atoms with Gasteiger partial charge in [-0.1, -0.05) is 18.5 Å². The maximum Gasteiger partial charge on any atom is 0.309 e. The first-order valence-corrected chi connectivity index (χ1v) is 6.88. The van der Waals surface area contributed by atoms with Crippen molar-refractivity contribution < 1.29 is 9.53 Å². The Morgan fingerprint density at radius 1 is 1.67 bits per heavy atom. The molecule has 0 amide bonds. The minimum atomic E-state index is -0.147. The van der Waals surface area contributed by atoms with Crippen molar-refractivity contribution in [2.75, 3.05) is 12.9 Å². The number of esters is 1. The summed E-state index contributed by atoms with van der Waals surface area (Å²) in [5.41, 5.74) is 0. The van der Waals surface area contributed by atoms with Crippen LogP contribution in [0.15, 0.2) is 12.1 Å². The molecule has 2 nitrogen and oxygen atoms in total. The molecule has 0 N–H and O–H groups in total. The van der Waals surface area contributed by atoms with Crippen LogP contribution in [0.25, 0.3) is 0 Å². The number of rotatable bonds is 5. The monoisotopic (exact) mass is 264 g/mol. The molecule has 0 saturated carbocycles. The van der Waals surface area contributed by atoms with Crippen molar-refractivity contribution >= 4 is 40.7 Å². The largest absolute Gasteiger partial charge is 0.469 e. The number of thiophene rings is 1. The fourth-order valence-electron chi connectivity index (χ4n) is 1.03. The minimum Gasteiger partial charge on any atom is -0.469 e. The van der Waals surface area contributed by atoms with Gasteiger partial charge in [0.15, 0.2) is 0 Å². The summed E-state index contributed by atoms with van der Waals surface area (Å²) in [5, 5.41) is 0. The average Bonchev–Trinajstić information content (AvgIpc) is 2.63. The lowest BCUT2D eigenvalue weighted by Gasteiger charge is -2.07. The van der Waals surface area contributed by atoms with Crippen LogP contribution < -0.4 is 0 Å². The lowest BCUT2D eigenvalue weighted by atomic mass is 10.2. The van der Waals surface area contributed by atoms with E-state index in [-0.39, 0.29) is 11.9 Å². The number of hydrogen-bond acceptors (Lipinski definition) is 4. The molecule has 1 aromatic heterocycles. The summed E-state index contributed by atoms with van der Waals surface area (Å²) in [7, 11) is 1.42. The number of carbonyl (C=O) groups is 1. The molecular formula is C10H13ClO2S2. The topological polar surface area (TPSA) is 26.3 Å². The summed E-state index contributed by atoms with van der Waals surface area (Å²) in [6.45, 7) is 1.88. The predicted molar refractivity (Wildman–Crippen MR) is 66.7 cm³/mol. The molecule has 0 bridgehead atoms. The van der Waals surface area contributed by atoms with Crippen LogP contribution in [0.4, 0.5) is 0 Å². The lowest BCUT2D eigenvalue weighted by Crippen LogP contribution is -2.14. The van der Waals surface area contributed by atoms with Crippen molar-refractivity contribution in [2.45, 2.75) is 12.7 Å². The highest BCUT2D eigenvalue weighted by atomic mass is 35.5. The molecule has 1 atom stereocenters. The van der Waals surface area contributed by atoms with Gasteiger partial charge >= 0.3 is 5.97 Å². The Kier molecular flexibility index (Phi) is 5.50. The zero-order valence-corrected chi connectivity index (χ0v) is 11.0. The SMILES string of the molecule is COC(=O)C(C)CSCc1ccc(Cl)s1. The number of halogens is 1. The Balaban J connectivity index is 2.24. The molecule has 0 radical (unpaired) electrons. The third kappa shape index (κ3) is 4.45. The van der Waals surface area contributed by atoms with E-state index in [9.17, 15) is 4.79 Å². The Morgan fingerprint density at radius 3 is 2.93 bits per heavy atom. The second kappa shape index (κ2) is 6.40. The summed E-state index contributed by atoms with van der Waals surface area (Å²) in [4.78, 5) is 12.3. The highest BCUT2D eigenvalue weighted by Crippen LogP contribution is 2.25. The summed E-state index contributed by atoms with van der Waals surface area (Å²) >= 11 is 9.11. The van der Waals surface area contributed by atoms with E-state index in [0.29, 0.717) is 0 Å². The normalized spacial score (nSPS) is 12.5. The summed E-state index contributed by atoms with van der Waals surface area (Å²) in [5.74, 6) is 1.49. The molecular weight excluding hydrogens is 252 g/mol. The van der Waals surface area contributed by atoms with Gasteiger partial charge in [-0.3, -0.25) is 4.79 Å². The summed E-state index contributed by atoms with van der Waals surface area (Å²) in [6.07, 6.45) is 0. The molecule has 0 fully saturated rings. The van der Waals surface area contributed by atoms with Crippen LogP contribution in [0.5, 0.6) is 0 Å². The van der Waals surface area contributed by atoms with Gasteiger partial charge < -0.3 is 4.74 Å². The van der Waals surface area contributed by atoms with E-state index in [1.54, 1.807) is 23.1 Å². The van der Waals surface area contributed by atoms with E-state index >= 15 is 0 Å². The van der Waals surface area contributed by atoms with Crippen LogP contribution >= 0.6 is 34.7 Å². The molecule has 0 spiro atoms. The van der Waals surface area contributed by atoms with Crippen LogP contribution in [0.2, 0.25) is 4.34 Å². The molecule has 5 heteroatoms. The molecule has 84 valence electrons. The van der Waals surface area contributed by atoms with Gasteiger partial charge in [-0.15, -0.1) is 11.3 Å². The number of ether oxygens (including phenoxy) is 1. The molecule has 0 aliphatic carbocycles. The molecule has 1 rings (SSSR count). The van der Waals surface area contributed by atoms with Gasteiger partial charge in [0, 0.05) is 16.4 Å². The number of carbonyl (C=O) groups excluding carboxylic acids is 1. The molecule has 0 aromatic carbocycles. The smallest absolute Gasteiger partial charge is 0.309 e. The van der Waals surface area contributed by atoms with Crippen molar-refractivity contribution in [3.63, 3.8) is 0 Å². The number of methoxy groups -OCH3 is 1. The summed E-state index contributed by atoms with van der Waals surface area (Å²) in [6, 6.07) is 3.91. The van der Waals surface area contributed by atoms with Gasteiger partial charge in [0.2, 0.25) is 0 Å². The third-order valence-electron chi connectivity index (χ3n) is 1.84. The van der Waals surface area contributed by atoms with Crippen LogP contribution in [0.3, 0.4) is 0 Å². The van der Waals surface area contributed by atoms with E-state index < -0.39 is 0 Å². The molecule has 0 saturated heterocycles. The fraction of sp³-hybridized carbons (Fsp3) is 0.500. The minimum absolute atomic E-state index is 0.0459. The van der Waals surface area contributed by atoms with Crippen molar-refractivity contribution in [1.29, 1.82) is 0 Å². The van der Waals surface area contributed by atoms with Crippen molar-refractivity contribution in [1.82, 2.24) is 0 Å². The maximum absolute atomic E-state index is 11.1. The van der Waals surface area contributed by atoms with Gasteiger partial charge in [-0.2, -0.15) is 11.8 Å². The maximum atomic E-state index is 11.1. The lowest BCUT2D eigenvalue weighted by molar-refractivity contribution is -0.143. The van der Waals surface area contributed by atoms with E-state index in [1.807, 2.05) is 19.1 Å². The second-order valence-corrected chi connectivity index (χ2v) is 5.98. The van der Waals surface area contributed by atoms with Gasteiger partial charge in [-0.05, 0) is 12.1 Å². The van der Waals surface area contributed by atoms with E-state index in [2.05, 4.69) is 4.74 Å². The third-order valence-corrected chi connectivity index (χ3v) is 4.51. The van der Waals surface area contributed by atoms with Crippen molar-refractivity contribution in [3.05, 3.63) is 21.3 Å². The van der Waals surface area contributed by atoms with Gasteiger partial charge in [0.25, 0.3) is 0 Å². The van der Waals surface area contributed by atoms with Crippen LogP contribution in [0.1, 0.15) is 11.8 Å². The predicted octanol–water partition coefficient (Wildman–Crippen LogP) is 3.44. The first kappa shape index (κ1) is 12.9. The van der Waals surface area contributed by atoms with Crippen LogP contribution in [0, 0.1) is 5.92 Å². The molecule has 0 aliphatic rings. The van der Waals surface area contributed by atoms with Gasteiger partial charge in [0.05, 0.1) is 17.4 Å². The van der Waals surface area contributed by atoms with Gasteiger partial charge in [-0.25, -0.2) is 0 Å². The first-order valence-electron chi connectivity index (χ1n) is 4.53.